The van der Waals surface area contributed by atoms with Gasteiger partial charge >= 0.3 is 5.97 Å². The third kappa shape index (κ3) is 5.02. The summed E-state index contributed by atoms with van der Waals surface area (Å²) < 4.78 is 7.24. The largest absolute Gasteiger partial charge is 0.449 e. The average Bonchev–Trinajstić information content (AvgIpc) is 3.47. The third-order valence-corrected chi connectivity index (χ3v) is 5.53. The van der Waals surface area contributed by atoms with Crippen molar-refractivity contribution in [3.8, 4) is 11.3 Å². The van der Waals surface area contributed by atoms with E-state index in [1.54, 1.807) is 17.8 Å². The molecule has 0 aliphatic heterocycles. The number of aromatic nitrogens is 2. The minimum Gasteiger partial charge on any atom is -0.449 e. The van der Waals surface area contributed by atoms with Crippen LogP contribution in [0.2, 0.25) is 0 Å². The summed E-state index contributed by atoms with van der Waals surface area (Å²) in [5.74, 6) is -0.814. The van der Waals surface area contributed by atoms with Crippen molar-refractivity contribution in [1.82, 2.24) is 15.1 Å². The van der Waals surface area contributed by atoms with Gasteiger partial charge in [-0.15, -0.1) is 0 Å². The van der Waals surface area contributed by atoms with E-state index in [9.17, 15) is 9.59 Å². The minimum absolute atomic E-state index is 0.216. The predicted octanol–water partition coefficient (Wildman–Crippen LogP) is 4.04. The van der Waals surface area contributed by atoms with Gasteiger partial charge in [-0.05, 0) is 56.4 Å². The fourth-order valence-corrected chi connectivity index (χ4v) is 3.35. The summed E-state index contributed by atoms with van der Waals surface area (Å²) in [4.78, 5) is 25.3. The van der Waals surface area contributed by atoms with Gasteiger partial charge in [0.15, 0.2) is 6.10 Å². The van der Waals surface area contributed by atoms with Crippen LogP contribution in [0.5, 0.6) is 0 Å². The lowest BCUT2D eigenvalue weighted by molar-refractivity contribution is -0.129. The van der Waals surface area contributed by atoms with Crippen LogP contribution in [0.4, 0.5) is 0 Å². The molecule has 1 N–H and O–H groups in total. The lowest BCUT2D eigenvalue weighted by Gasteiger charge is -2.13. The molecule has 1 amide bonds. The molecule has 0 saturated heterocycles. The van der Waals surface area contributed by atoms with E-state index >= 15 is 0 Å². The molecule has 1 atom stereocenters. The van der Waals surface area contributed by atoms with Crippen LogP contribution in [-0.4, -0.2) is 33.8 Å². The monoisotopic (exact) mass is 417 g/mol. The summed E-state index contributed by atoms with van der Waals surface area (Å²) >= 11 is 0. The molecule has 1 heterocycles. The van der Waals surface area contributed by atoms with Gasteiger partial charge in [0.2, 0.25) is 0 Å². The van der Waals surface area contributed by atoms with Gasteiger partial charge in [0.1, 0.15) is 11.3 Å². The maximum Gasteiger partial charge on any atom is 0.342 e. The molecule has 31 heavy (non-hydrogen) atoms. The first-order valence-electron chi connectivity index (χ1n) is 10.6. The zero-order valence-electron chi connectivity index (χ0n) is 18.1. The Morgan fingerprint density at radius 1 is 1.13 bits per heavy atom. The van der Waals surface area contributed by atoms with Crippen LogP contribution in [0.15, 0.2) is 54.7 Å². The SMILES string of the molecule is Cc1ccc(-c2nn(Cc3ccccc3)cc2C(=O)O[C@@H](C)C(=O)NC2CC2)cc1C. The van der Waals surface area contributed by atoms with Gasteiger partial charge in [0, 0.05) is 17.8 Å². The van der Waals surface area contributed by atoms with Crippen LogP contribution in [0.3, 0.4) is 0 Å². The molecule has 2 aromatic carbocycles. The van der Waals surface area contributed by atoms with Gasteiger partial charge < -0.3 is 10.1 Å². The molecule has 1 aromatic heterocycles. The van der Waals surface area contributed by atoms with Crippen LogP contribution < -0.4 is 5.32 Å². The van der Waals surface area contributed by atoms with E-state index in [1.165, 1.54) is 5.56 Å². The van der Waals surface area contributed by atoms with Crippen molar-refractivity contribution in [1.29, 1.82) is 0 Å². The quantitative estimate of drug-likeness (QED) is 0.589. The topological polar surface area (TPSA) is 73.2 Å². The van der Waals surface area contributed by atoms with Crippen molar-refractivity contribution in [2.24, 2.45) is 0 Å². The standard InChI is InChI=1S/C25H27N3O3/c1-16-9-10-20(13-17(16)2)23-22(15-28(27-23)14-19-7-5-4-6-8-19)25(30)31-18(3)24(29)26-21-11-12-21/h4-10,13,15,18,21H,11-12,14H2,1-3H3,(H,26,29)/t18-/m0/s1. The highest BCUT2D eigenvalue weighted by molar-refractivity contribution is 5.97. The smallest absolute Gasteiger partial charge is 0.342 e. The number of carbonyl (C=O) groups is 2. The van der Waals surface area contributed by atoms with E-state index in [0.717, 1.165) is 29.5 Å². The molecule has 0 unspecified atom stereocenters. The maximum atomic E-state index is 13.0. The fraction of sp³-hybridized carbons (Fsp3) is 0.320. The number of amides is 1. The first-order valence-corrected chi connectivity index (χ1v) is 10.6. The molecule has 6 nitrogen and oxygen atoms in total. The Morgan fingerprint density at radius 2 is 1.87 bits per heavy atom. The molecular weight excluding hydrogens is 390 g/mol. The van der Waals surface area contributed by atoms with Crippen molar-refractivity contribution in [3.05, 3.63) is 77.0 Å². The van der Waals surface area contributed by atoms with Gasteiger partial charge in [-0.3, -0.25) is 9.48 Å². The summed E-state index contributed by atoms with van der Waals surface area (Å²) in [5, 5.41) is 7.56. The highest BCUT2D eigenvalue weighted by atomic mass is 16.5. The molecule has 1 aliphatic carbocycles. The molecule has 0 bridgehead atoms. The van der Waals surface area contributed by atoms with Crippen molar-refractivity contribution in [2.75, 3.05) is 0 Å². The third-order valence-electron chi connectivity index (χ3n) is 5.53. The van der Waals surface area contributed by atoms with Crippen molar-refractivity contribution in [3.63, 3.8) is 0 Å². The molecule has 160 valence electrons. The van der Waals surface area contributed by atoms with Gasteiger partial charge in [-0.2, -0.15) is 5.10 Å². The van der Waals surface area contributed by atoms with Crippen molar-refractivity contribution < 1.29 is 14.3 Å². The highest BCUT2D eigenvalue weighted by Crippen LogP contribution is 2.26. The Hall–Kier alpha value is -3.41. The number of hydrogen-bond acceptors (Lipinski definition) is 4. The maximum absolute atomic E-state index is 13.0. The Kier molecular flexibility index (Phi) is 5.89. The van der Waals surface area contributed by atoms with Gasteiger partial charge in [0.05, 0.1) is 6.54 Å². The Bertz CT molecular complexity index is 1100. The summed E-state index contributed by atoms with van der Waals surface area (Å²) in [7, 11) is 0. The normalized spacial score (nSPS) is 14.2. The number of aryl methyl sites for hydroxylation is 2. The molecule has 6 heteroatoms. The molecule has 1 fully saturated rings. The van der Waals surface area contributed by atoms with E-state index in [4.69, 9.17) is 9.84 Å². The second-order valence-corrected chi connectivity index (χ2v) is 8.20. The van der Waals surface area contributed by atoms with Crippen LogP contribution in [0.25, 0.3) is 11.3 Å². The van der Waals surface area contributed by atoms with E-state index in [-0.39, 0.29) is 11.9 Å². The van der Waals surface area contributed by atoms with E-state index in [2.05, 4.69) is 5.32 Å². The van der Waals surface area contributed by atoms with Crippen molar-refractivity contribution in [2.45, 2.75) is 52.3 Å². The Balaban J connectivity index is 1.62. The molecule has 1 saturated carbocycles. The van der Waals surface area contributed by atoms with Crippen LogP contribution >= 0.6 is 0 Å². The minimum atomic E-state index is -0.863. The number of esters is 1. The number of hydrogen-bond donors (Lipinski definition) is 1. The summed E-state index contributed by atoms with van der Waals surface area (Å²) in [6, 6.07) is 16.1. The predicted molar refractivity (Wildman–Crippen MR) is 119 cm³/mol. The van der Waals surface area contributed by atoms with E-state index in [0.29, 0.717) is 17.8 Å². The van der Waals surface area contributed by atoms with Crippen LogP contribution in [0.1, 0.15) is 46.8 Å². The fourth-order valence-electron chi connectivity index (χ4n) is 3.35. The molecule has 1 aliphatic rings. The Morgan fingerprint density at radius 3 is 2.55 bits per heavy atom. The molecular formula is C25H27N3O3. The number of nitrogens with zero attached hydrogens (tertiary/aromatic N) is 2. The van der Waals surface area contributed by atoms with Gasteiger partial charge in [0.25, 0.3) is 5.91 Å². The molecule has 4 rings (SSSR count). The summed E-state index contributed by atoms with van der Waals surface area (Å²) in [6.45, 7) is 6.20. The summed E-state index contributed by atoms with van der Waals surface area (Å²) in [5.41, 5.74) is 5.11. The highest BCUT2D eigenvalue weighted by Gasteiger charge is 2.28. The van der Waals surface area contributed by atoms with Crippen LogP contribution in [0, 0.1) is 13.8 Å². The molecule has 0 spiro atoms. The van der Waals surface area contributed by atoms with Gasteiger partial charge in [-0.1, -0.05) is 42.5 Å². The zero-order chi connectivity index (χ0) is 22.0. The number of rotatable bonds is 7. The van der Waals surface area contributed by atoms with E-state index < -0.39 is 12.1 Å². The average molecular weight is 418 g/mol. The first-order chi connectivity index (χ1) is 14.9. The van der Waals surface area contributed by atoms with Crippen molar-refractivity contribution >= 4 is 11.9 Å². The molecule has 0 radical (unpaired) electrons. The lowest BCUT2D eigenvalue weighted by Crippen LogP contribution is -2.37. The van der Waals surface area contributed by atoms with E-state index in [1.807, 2.05) is 62.4 Å². The zero-order valence-corrected chi connectivity index (χ0v) is 18.1. The van der Waals surface area contributed by atoms with Crippen LogP contribution in [-0.2, 0) is 16.1 Å². The number of nitrogens with one attached hydrogen (secondary N) is 1. The number of ether oxygens (including phenoxy) is 1. The first kappa shape index (κ1) is 20.8. The molecule has 3 aromatic rings. The Labute approximate surface area is 182 Å². The second kappa shape index (κ2) is 8.76. The number of benzene rings is 2. The van der Waals surface area contributed by atoms with Gasteiger partial charge in [-0.25, -0.2) is 4.79 Å². The summed E-state index contributed by atoms with van der Waals surface area (Å²) in [6.07, 6.45) is 2.80. The lowest BCUT2D eigenvalue weighted by atomic mass is 10.0. The second-order valence-electron chi connectivity index (χ2n) is 8.20. The number of carbonyl (C=O) groups excluding carboxylic acids is 2.